The molecule has 0 saturated heterocycles. The Morgan fingerprint density at radius 2 is 1.79 bits per heavy atom. The van der Waals surface area contributed by atoms with Gasteiger partial charge >= 0.3 is 0 Å². The summed E-state index contributed by atoms with van der Waals surface area (Å²) in [6.45, 7) is 2.11. The summed E-state index contributed by atoms with van der Waals surface area (Å²) in [6.07, 6.45) is 2.38. The van der Waals surface area contributed by atoms with E-state index >= 15 is 0 Å². The van der Waals surface area contributed by atoms with Crippen LogP contribution in [0.2, 0.25) is 0 Å². The first-order valence-corrected chi connectivity index (χ1v) is 7.03. The normalized spacial score (nSPS) is 19.3. The number of alkyl halides is 2. The van der Waals surface area contributed by atoms with Crippen LogP contribution in [0.5, 0.6) is 0 Å². The maximum absolute atomic E-state index is 13.1. The number of rotatable bonds is 4. The number of ketones is 1. The van der Waals surface area contributed by atoms with Crippen molar-refractivity contribution in [1.29, 1.82) is 0 Å². The van der Waals surface area contributed by atoms with Crippen LogP contribution in [-0.4, -0.2) is 11.7 Å². The van der Waals surface area contributed by atoms with Gasteiger partial charge < -0.3 is 0 Å². The number of carbonyl (C=O) groups is 1. The molecule has 104 valence electrons. The van der Waals surface area contributed by atoms with Crippen molar-refractivity contribution in [3.05, 3.63) is 35.4 Å². The third-order valence-electron chi connectivity index (χ3n) is 3.87. The molecule has 19 heavy (non-hydrogen) atoms. The molecule has 0 aromatic heterocycles. The van der Waals surface area contributed by atoms with Gasteiger partial charge in [0.1, 0.15) is 0 Å². The first-order valence-electron chi connectivity index (χ1n) is 7.03. The van der Waals surface area contributed by atoms with E-state index in [9.17, 15) is 13.6 Å². The van der Waals surface area contributed by atoms with Gasteiger partial charge in [0.15, 0.2) is 5.78 Å². The smallest absolute Gasteiger partial charge is 0.248 e. The fourth-order valence-electron chi connectivity index (χ4n) is 2.66. The van der Waals surface area contributed by atoms with Gasteiger partial charge in [-0.1, -0.05) is 37.6 Å². The van der Waals surface area contributed by atoms with E-state index in [2.05, 4.69) is 6.92 Å². The lowest BCUT2D eigenvalue weighted by Crippen LogP contribution is -2.28. The predicted molar refractivity (Wildman–Crippen MR) is 71.7 cm³/mol. The highest BCUT2D eigenvalue weighted by Crippen LogP contribution is 2.37. The molecule has 0 atom stereocenters. The van der Waals surface area contributed by atoms with Crippen molar-refractivity contribution in [2.75, 3.05) is 0 Å². The highest BCUT2D eigenvalue weighted by atomic mass is 19.3. The molecule has 1 saturated carbocycles. The van der Waals surface area contributed by atoms with Gasteiger partial charge in [-0.15, -0.1) is 0 Å². The molecule has 0 radical (unpaired) electrons. The summed E-state index contributed by atoms with van der Waals surface area (Å²) >= 11 is 0. The minimum absolute atomic E-state index is 0.0264. The van der Waals surface area contributed by atoms with Gasteiger partial charge in [-0.05, 0) is 24.8 Å². The molecule has 0 unspecified atom stereocenters. The third-order valence-corrected chi connectivity index (χ3v) is 3.87. The Morgan fingerprint density at radius 1 is 1.21 bits per heavy atom. The third kappa shape index (κ3) is 3.62. The summed E-state index contributed by atoms with van der Waals surface area (Å²) in [5, 5.41) is 0. The summed E-state index contributed by atoms with van der Waals surface area (Å²) < 4.78 is 26.1. The molecule has 2 rings (SSSR count). The minimum atomic E-state index is -2.57. The van der Waals surface area contributed by atoms with Crippen LogP contribution in [0.15, 0.2) is 24.3 Å². The molecule has 1 aromatic rings. The van der Waals surface area contributed by atoms with E-state index in [1.165, 1.54) is 5.56 Å². The van der Waals surface area contributed by atoms with Crippen molar-refractivity contribution in [3.63, 3.8) is 0 Å². The second-order valence-corrected chi connectivity index (χ2v) is 5.44. The van der Waals surface area contributed by atoms with Crippen molar-refractivity contribution in [1.82, 2.24) is 0 Å². The number of hydrogen-bond donors (Lipinski definition) is 0. The number of carbonyl (C=O) groups excluding carboxylic acids is 1. The standard InChI is InChI=1S/C16H20F2O/c1-2-3-12-4-6-13(7-5-12)15(19)14-8-10-16(17,18)11-9-14/h4-7,14H,2-3,8-11H2,1H3. The van der Waals surface area contributed by atoms with Crippen LogP contribution in [0.25, 0.3) is 0 Å². The van der Waals surface area contributed by atoms with E-state index < -0.39 is 5.92 Å². The molecular formula is C16H20F2O. The maximum atomic E-state index is 13.1. The quantitative estimate of drug-likeness (QED) is 0.725. The van der Waals surface area contributed by atoms with Crippen molar-refractivity contribution >= 4 is 5.78 Å². The Hall–Kier alpha value is -1.25. The number of Topliss-reactive ketones (excluding diaryl/α,β-unsaturated/α-hetero) is 1. The fourth-order valence-corrected chi connectivity index (χ4v) is 2.66. The summed E-state index contributed by atoms with van der Waals surface area (Å²) in [6, 6.07) is 7.60. The lowest BCUT2D eigenvalue weighted by molar-refractivity contribution is -0.0424. The number of halogens is 2. The molecule has 0 bridgehead atoms. The van der Waals surface area contributed by atoms with Crippen LogP contribution in [0, 0.1) is 5.92 Å². The predicted octanol–water partition coefficient (Wildman–Crippen LogP) is 4.65. The molecule has 1 fully saturated rings. The molecule has 1 aliphatic rings. The average Bonchev–Trinajstić information content (AvgIpc) is 2.39. The van der Waals surface area contributed by atoms with E-state index in [4.69, 9.17) is 0 Å². The SMILES string of the molecule is CCCc1ccc(C(=O)C2CCC(F)(F)CC2)cc1. The van der Waals surface area contributed by atoms with Gasteiger partial charge in [0, 0.05) is 24.3 Å². The van der Waals surface area contributed by atoms with Gasteiger partial charge in [0.05, 0.1) is 0 Å². The molecule has 0 spiro atoms. The summed E-state index contributed by atoms with van der Waals surface area (Å²) in [7, 11) is 0. The second-order valence-electron chi connectivity index (χ2n) is 5.44. The van der Waals surface area contributed by atoms with Crippen LogP contribution in [-0.2, 0) is 6.42 Å². The van der Waals surface area contributed by atoms with Crippen molar-refractivity contribution in [2.45, 2.75) is 51.4 Å². The molecule has 0 heterocycles. The lowest BCUT2D eigenvalue weighted by atomic mass is 9.82. The van der Waals surface area contributed by atoms with Crippen molar-refractivity contribution < 1.29 is 13.6 Å². The van der Waals surface area contributed by atoms with E-state index in [-0.39, 0.29) is 24.5 Å². The second kappa shape index (κ2) is 5.81. The van der Waals surface area contributed by atoms with Crippen LogP contribution in [0.3, 0.4) is 0 Å². The van der Waals surface area contributed by atoms with Gasteiger partial charge in [0.25, 0.3) is 0 Å². The number of benzene rings is 1. The number of aryl methyl sites for hydroxylation is 1. The Kier molecular flexibility index (Phi) is 4.33. The van der Waals surface area contributed by atoms with Crippen molar-refractivity contribution in [2.24, 2.45) is 5.92 Å². The molecular weight excluding hydrogens is 246 g/mol. The largest absolute Gasteiger partial charge is 0.294 e. The zero-order chi connectivity index (χ0) is 13.9. The number of hydrogen-bond acceptors (Lipinski definition) is 1. The molecule has 3 heteroatoms. The van der Waals surface area contributed by atoms with E-state index in [0.717, 1.165) is 12.8 Å². The van der Waals surface area contributed by atoms with Gasteiger partial charge in [0.2, 0.25) is 5.92 Å². The Morgan fingerprint density at radius 3 is 2.32 bits per heavy atom. The Balaban J connectivity index is 2.00. The van der Waals surface area contributed by atoms with Crippen molar-refractivity contribution in [3.8, 4) is 0 Å². The first-order chi connectivity index (χ1) is 9.02. The summed E-state index contributed by atoms with van der Waals surface area (Å²) in [4.78, 5) is 12.2. The zero-order valence-corrected chi connectivity index (χ0v) is 11.3. The fraction of sp³-hybridized carbons (Fsp3) is 0.562. The first kappa shape index (κ1) is 14.2. The Labute approximate surface area is 113 Å². The highest BCUT2D eigenvalue weighted by Gasteiger charge is 2.37. The van der Waals surface area contributed by atoms with E-state index in [0.29, 0.717) is 18.4 Å². The Bertz CT molecular complexity index is 427. The lowest BCUT2D eigenvalue weighted by Gasteiger charge is -2.27. The van der Waals surface area contributed by atoms with Gasteiger partial charge in [-0.25, -0.2) is 8.78 Å². The summed E-state index contributed by atoms with van der Waals surface area (Å²) in [5.74, 6) is -2.77. The van der Waals surface area contributed by atoms with E-state index in [1.54, 1.807) is 0 Å². The molecule has 1 nitrogen and oxygen atoms in total. The molecule has 1 aliphatic carbocycles. The van der Waals surface area contributed by atoms with Gasteiger partial charge in [-0.3, -0.25) is 4.79 Å². The topological polar surface area (TPSA) is 17.1 Å². The van der Waals surface area contributed by atoms with Crippen LogP contribution in [0.1, 0.15) is 54.9 Å². The highest BCUT2D eigenvalue weighted by molar-refractivity contribution is 5.97. The molecule has 0 amide bonds. The molecule has 1 aromatic carbocycles. The van der Waals surface area contributed by atoms with Crippen LogP contribution < -0.4 is 0 Å². The molecule has 0 aliphatic heterocycles. The molecule has 0 N–H and O–H groups in total. The zero-order valence-electron chi connectivity index (χ0n) is 11.3. The van der Waals surface area contributed by atoms with Crippen LogP contribution >= 0.6 is 0 Å². The van der Waals surface area contributed by atoms with Crippen LogP contribution in [0.4, 0.5) is 8.78 Å². The van der Waals surface area contributed by atoms with Gasteiger partial charge in [-0.2, -0.15) is 0 Å². The monoisotopic (exact) mass is 266 g/mol. The average molecular weight is 266 g/mol. The van der Waals surface area contributed by atoms with E-state index in [1.807, 2.05) is 24.3 Å². The summed E-state index contributed by atoms with van der Waals surface area (Å²) in [5.41, 5.74) is 1.88. The maximum Gasteiger partial charge on any atom is 0.248 e. The minimum Gasteiger partial charge on any atom is -0.294 e.